The first-order valence-electron chi connectivity index (χ1n) is 10.1. The third-order valence-electron chi connectivity index (χ3n) is 5.18. The third-order valence-corrected chi connectivity index (χ3v) is 5.18. The van der Waals surface area contributed by atoms with Gasteiger partial charge in [0.25, 0.3) is 5.56 Å². The number of rotatable bonds is 7. The zero-order valence-electron chi connectivity index (χ0n) is 16.4. The molecule has 1 aromatic heterocycles. The molecule has 1 aliphatic rings. The summed E-state index contributed by atoms with van der Waals surface area (Å²) in [5.41, 5.74) is 1.50. The van der Waals surface area contributed by atoms with Crippen LogP contribution in [-0.4, -0.2) is 34.6 Å². The largest absolute Gasteiger partial charge is 0.354 e. The molecule has 0 saturated carbocycles. The van der Waals surface area contributed by atoms with E-state index in [2.05, 4.69) is 22.1 Å². The number of benzene rings is 1. The molecule has 0 aliphatic carbocycles. The molecule has 6 nitrogen and oxygen atoms in total. The van der Waals surface area contributed by atoms with Crippen molar-refractivity contribution in [3.05, 3.63) is 34.6 Å². The topological polar surface area (TPSA) is 67.2 Å². The molecule has 1 atom stereocenters. The first-order valence-corrected chi connectivity index (χ1v) is 10.1. The van der Waals surface area contributed by atoms with Gasteiger partial charge >= 0.3 is 0 Å². The van der Waals surface area contributed by atoms with Gasteiger partial charge in [-0.1, -0.05) is 25.5 Å². The molecule has 1 aliphatic heterocycles. The van der Waals surface area contributed by atoms with Gasteiger partial charge < -0.3 is 14.8 Å². The highest BCUT2D eigenvalue weighted by atomic mass is 16.2. The minimum absolute atomic E-state index is 0.0109. The predicted molar refractivity (Wildman–Crippen MR) is 109 cm³/mol. The van der Waals surface area contributed by atoms with Gasteiger partial charge in [-0.15, -0.1) is 0 Å². The smallest absolute Gasteiger partial charge is 0.294 e. The fraction of sp³-hybridized carbons (Fsp3) is 0.571. The summed E-state index contributed by atoms with van der Waals surface area (Å²) in [6.45, 7) is 6.23. The molecule has 1 saturated heterocycles. The van der Waals surface area contributed by atoms with E-state index in [1.807, 2.05) is 31.2 Å². The molecule has 6 heteroatoms. The fourth-order valence-electron chi connectivity index (χ4n) is 3.78. The molecule has 0 radical (unpaired) electrons. The van der Waals surface area contributed by atoms with Crippen LogP contribution in [0.25, 0.3) is 11.0 Å². The molecule has 1 N–H and O–H groups in total. The molecule has 3 rings (SSSR count). The van der Waals surface area contributed by atoms with Crippen molar-refractivity contribution < 1.29 is 4.79 Å². The van der Waals surface area contributed by atoms with Crippen molar-refractivity contribution in [1.82, 2.24) is 14.9 Å². The SMILES string of the molecule is CCCC(C)NC(=O)CCn1c(=O)c(N2CCCCC2)nc2ccccc21. The van der Waals surface area contributed by atoms with E-state index in [0.717, 1.165) is 49.8 Å². The lowest BCUT2D eigenvalue weighted by Crippen LogP contribution is -2.38. The maximum atomic E-state index is 13.1. The molecule has 2 aromatic rings. The Morgan fingerprint density at radius 3 is 2.70 bits per heavy atom. The van der Waals surface area contributed by atoms with Crippen molar-refractivity contribution in [1.29, 1.82) is 0 Å². The summed E-state index contributed by atoms with van der Waals surface area (Å²) in [5, 5.41) is 3.02. The van der Waals surface area contributed by atoms with E-state index in [-0.39, 0.29) is 17.5 Å². The van der Waals surface area contributed by atoms with Crippen LogP contribution < -0.4 is 15.8 Å². The van der Waals surface area contributed by atoms with Gasteiger partial charge in [0.2, 0.25) is 5.91 Å². The third kappa shape index (κ3) is 4.67. The second kappa shape index (κ2) is 9.02. The Kier molecular flexibility index (Phi) is 6.48. The predicted octanol–water partition coefficient (Wildman–Crippen LogP) is 3.08. The molecular formula is C21H30N4O2. The second-order valence-corrected chi connectivity index (χ2v) is 7.44. The maximum absolute atomic E-state index is 13.1. The molecule has 0 bridgehead atoms. The number of hydrogen-bond acceptors (Lipinski definition) is 4. The standard InChI is InChI=1S/C21H30N4O2/c1-3-9-16(2)22-19(26)12-15-25-18-11-6-5-10-17(18)23-20(21(25)27)24-13-7-4-8-14-24/h5-6,10-11,16H,3-4,7-9,12-15H2,1-2H3,(H,22,26). The van der Waals surface area contributed by atoms with Gasteiger partial charge in [-0.2, -0.15) is 0 Å². The number of carbonyl (C=O) groups excluding carboxylic acids is 1. The molecule has 1 aromatic carbocycles. The number of piperidine rings is 1. The second-order valence-electron chi connectivity index (χ2n) is 7.44. The summed E-state index contributed by atoms with van der Waals surface area (Å²) in [7, 11) is 0. The number of aromatic nitrogens is 2. The van der Waals surface area contributed by atoms with E-state index < -0.39 is 0 Å². The summed E-state index contributed by atoms with van der Waals surface area (Å²) in [4.78, 5) is 32.2. The lowest BCUT2D eigenvalue weighted by atomic mass is 10.1. The highest BCUT2D eigenvalue weighted by Gasteiger charge is 2.19. The van der Waals surface area contributed by atoms with Gasteiger partial charge in [-0.25, -0.2) is 4.98 Å². The van der Waals surface area contributed by atoms with Gasteiger partial charge in [0.1, 0.15) is 0 Å². The molecular weight excluding hydrogens is 340 g/mol. The minimum Gasteiger partial charge on any atom is -0.354 e. The highest BCUT2D eigenvalue weighted by Crippen LogP contribution is 2.18. The molecule has 0 spiro atoms. The molecule has 1 amide bonds. The van der Waals surface area contributed by atoms with Gasteiger partial charge in [-0.05, 0) is 44.7 Å². The first-order chi connectivity index (χ1) is 13.1. The van der Waals surface area contributed by atoms with Crippen molar-refractivity contribution in [3.63, 3.8) is 0 Å². The number of aryl methyl sites for hydroxylation is 1. The Morgan fingerprint density at radius 2 is 1.96 bits per heavy atom. The van der Waals surface area contributed by atoms with Gasteiger partial charge in [0, 0.05) is 32.1 Å². The van der Waals surface area contributed by atoms with E-state index in [4.69, 9.17) is 0 Å². The van der Waals surface area contributed by atoms with Gasteiger partial charge in [0.15, 0.2) is 5.82 Å². The Labute approximate surface area is 160 Å². The van der Waals surface area contributed by atoms with E-state index in [0.29, 0.717) is 18.8 Å². The average Bonchev–Trinajstić information content (AvgIpc) is 2.67. The van der Waals surface area contributed by atoms with Crippen LogP contribution in [0.15, 0.2) is 29.1 Å². The van der Waals surface area contributed by atoms with E-state index >= 15 is 0 Å². The molecule has 2 heterocycles. The van der Waals surface area contributed by atoms with Crippen molar-refractivity contribution >= 4 is 22.8 Å². The number of carbonyl (C=O) groups is 1. The summed E-state index contributed by atoms with van der Waals surface area (Å²) in [5.74, 6) is 0.511. The summed E-state index contributed by atoms with van der Waals surface area (Å²) < 4.78 is 1.72. The molecule has 1 unspecified atom stereocenters. The van der Waals surface area contributed by atoms with Crippen LogP contribution in [0.1, 0.15) is 52.4 Å². The van der Waals surface area contributed by atoms with Crippen molar-refractivity contribution in [2.75, 3.05) is 18.0 Å². The summed E-state index contributed by atoms with van der Waals surface area (Å²) >= 11 is 0. The highest BCUT2D eigenvalue weighted by molar-refractivity contribution is 5.78. The van der Waals surface area contributed by atoms with Crippen molar-refractivity contribution in [2.45, 2.75) is 65.0 Å². The number of hydrogen-bond donors (Lipinski definition) is 1. The van der Waals surface area contributed by atoms with Crippen LogP contribution in [-0.2, 0) is 11.3 Å². The van der Waals surface area contributed by atoms with Crippen LogP contribution in [0.2, 0.25) is 0 Å². The quantitative estimate of drug-likeness (QED) is 0.813. The van der Waals surface area contributed by atoms with Crippen molar-refractivity contribution in [2.24, 2.45) is 0 Å². The van der Waals surface area contributed by atoms with E-state index in [9.17, 15) is 9.59 Å². The van der Waals surface area contributed by atoms with Crippen LogP contribution in [0.3, 0.4) is 0 Å². The Hall–Kier alpha value is -2.37. The normalized spacial score (nSPS) is 15.7. The number of amides is 1. The summed E-state index contributed by atoms with van der Waals surface area (Å²) in [6.07, 6.45) is 5.67. The Bertz CT molecular complexity index is 840. The average molecular weight is 370 g/mol. The minimum atomic E-state index is -0.0926. The van der Waals surface area contributed by atoms with Gasteiger partial charge in [0.05, 0.1) is 11.0 Å². The number of nitrogens with zero attached hydrogens (tertiary/aromatic N) is 3. The number of anilines is 1. The number of para-hydroxylation sites is 2. The lowest BCUT2D eigenvalue weighted by molar-refractivity contribution is -0.121. The zero-order valence-corrected chi connectivity index (χ0v) is 16.4. The van der Waals surface area contributed by atoms with E-state index in [1.54, 1.807) is 4.57 Å². The number of nitrogens with one attached hydrogen (secondary N) is 1. The Balaban J connectivity index is 1.85. The van der Waals surface area contributed by atoms with Crippen LogP contribution in [0, 0.1) is 0 Å². The van der Waals surface area contributed by atoms with Gasteiger partial charge in [-0.3, -0.25) is 9.59 Å². The molecule has 1 fully saturated rings. The monoisotopic (exact) mass is 370 g/mol. The van der Waals surface area contributed by atoms with Crippen LogP contribution in [0.5, 0.6) is 0 Å². The molecule has 146 valence electrons. The fourth-order valence-corrected chi connectivity index (χ4v) is 3.78. The first kappa shape index (κ1) is 19.4. The zero-order chi connectivity index (χ0) is 19.2. The lowest BCUT2D eigenvalue weighted by Gasteiger charge is -2.28. The number of fused-ring (bicyclic) bond motifs is 1. The van der Waals surface area contributed by atoms with Crippen molar-refractivity contribution in [3.8, 4) is 0 Å². The Morgan fingerprint density at radius 1 is 1.22 bits per heavy atom. The maximum Gasteiger partial charge on any atom is 0.294 e. The van der Waals surface area contributed by atoms with E-state index in [1.165, 1.54) is 6.42 Å². The van der Waals surface area contributed by atoms with Crippen LogP contribution >= 0.6 is 0 Å². The summed E-state index contributed by atoms with van der Waals surface area (Å²) in [6, 6.07) is 7.84. The van der Waals surface area contributed by atoms with Crippen LogP contribution in [0.4, 0.5) is 5.82 Å². The molecule has 27 heavy (non-hydrogen) atoms.